The lowest BCUT2D eigenvalue weighted by molar-refractivity contribution is -0.139. The van der Waals surface area contributed by atoms with Gasteiger partial charge in [-0.3, -0.25) is 4.79 Å². The van der Waals surface area contributed by atoms with Crippen LogP contribution in [0.4, 0.5) is 4.79 Å². The summed E-state index contributed by atoms with van der Waals surface area (Å²) in [4.78, 5) is 33.3. The molecule has 0 radical (unpaired) electrons. The molecule has 18 heavy (non-hydrogen) atoms. The molecule has 0 aromatic carbocycles. The van der Waals surface area contributed by atoms with Crippen LogP contribution >= 0.6 is 11.8 Å². The Hall–Kier alpha value is -1.44. The molecule has 0 aliphatic carbocycles. The number of carboxylic acids is 1. The van der Waals surface area contributed by atoms with E-state index < -0.39 is 18.0 Å². The van der Waals surface area contributed by atoms with Crippen LogP contribution in [0.2, 0.25) is 0 Å². The predicted octanol–water partition coefficient (Wildman–Crippen LogP) is -0.372. The van der Waals surface area contributed by atoms with Crippen molar-refractivity contribution in [3.8, 4) is 0 Å². The van der Waals surface area contributed by atoms with Crippen LogP contribution in [-0.4, -0.2) is 54.2 Å². The SMILES string of the molecule is CCNC(=O)CNC(=O)N[C@@H](CCSC)C(=O)O. The first-order chi connectivity index (χ1) is 8.51. The molecule has 0 spiro atoms. The molecule has 0 aliphatic rings. The Morgan fingerprint density at radius 2 is 1.94 bits per heavy atom. The Balaban J connectivity index is 4.02. The fourth-order valence-electron chi connectivity index (χ4n) is 1.12. The van der Waals surface area contributed by atoms with Crippen LogP contribution in [0.3, 0.4) is 0 Å². The molecule has 0 bridgehead atoms. The number of hydrogen-bond donors (Lipinski definition) is 4. The average molecular weight is 277 g/mol. The lowest BCUT2D eigenvalue weighted by Crippen LogP contribution is -2.48. The van der Waals surface area contributed by atoms with Crippen molar-refractivity contribution in [2.24, 2.45) is 0 Å². The Morgan fingerprint density at radius 3 is 2.44 bits per heavy atom. The maximum absolute atomic E-state index is 11.4. The largest absolute Gasteiger partial charge is 0.480 e. The molecule has 8 heteroatoms. The van der Waals surface area contributed by atoms with Gasteiger partial charge >= 0.3 is 12.0 Å². The molecular formula is C10H19N3O4S. The number of rotatable bonds is 8. The number of carbonyl (C=O) groups excluding carboxylic acids is 2. The van der Waals surface area contributed by atoms with Gasteiger partial charge in [-0.05, 0) is 25.4 Å². The molecule has 0 heterocycles. The number of carbonyl (C=O) groups is 3. The van der Waals surface area contributed by atoms with Crippen molar-refractivity contribution in [1.29, 1.82) is 0 Å². The van der Waals surface area contributed by atoms with Crippen LogP contribution in [0, 0.1) is 0 Å². The smallest absolute Gasteiger partial charge is 0.326 e. The third-order valence-electron chi connectivity index (χ3n) is 2.00. The Kier molecular flexibility index (Phi) is 8.81. The number of nitrogens with one attached hydrogen (secondary N) is 3. The molecule has 0 saturated heterocycles. The molecule has 0 aliphatic heterocycles. The Labute approximate surface area is 110 Å². The van der Waals surface area contributed by atoms with Crippen LogP contribution in [0.1, 0.15) is 13.3 Å². The number of thioether (sulfide) groups is 1. The van der Waals surface area contributed by atoms with E-state index in [-0.39, 0.29) is 12.5 Å². The number of hydrogen-bond acceptors (Lipinski definition) is 4. The first-order valence-electron chi connectivity index (χ1n) is 5.54. The monoisotopic (exact) mass is 277 g/mol. The molecular weight excluding hydrogens is 258 g/mol. The summed E-state index contributed by atoms with van der Waals surface area (Å²) in [5.41, 5.74) is 0. The molecule has 3 amide bonds. The molecule has 0 rings (SSSR count). The quantitative estimate of drug-likeness (QED) is 0.484. The van der Waals surface area contributed by atoms with Crippen molar-refractivity contribution in [1.82, 2.24) is 16.0 Å². The molecule has 7 nitrogen and oxygen atoms in total. The third kappa shape index (κ3) is 7.77. The molecule has 104 valence electrons. The fourth-order valence-corrected chi connectivity index (χ4v) is 1.59. The van der Waals surface area contributed by atoms with Crippen LogP contribution in [0.15, 0.2) is 0 Å². The summed E-state index contributed by atoms with van der Waals surface area (Å²) >= 11 is 1.50. The van der Waals surface area contributed by atoms with Gasteiger partial charge in [0.2, 0.25) is 5.91 Å². The number of urea groups is 1. The van der Waals surface area contributed by atoms with Gasteiger partial charge < -0.3 is 21.1 Å². The highest BCUT2D eigenvalue weighted by atomic mass is 32.2. The minimum Gasteiger partial charge on any atom is -0.480 e. The van der Waals surface area contributed by atoms with Gasteiger partial charge in [0.15, 0.2) is 0 Å². The normalized spacial score (nSPS) is 11.4. The lowest BCUT2D eigenvalue weighted by Gasteiger charge is -2.14. The number of amides is 3. The second kappa shape index (κ2) is 9.58. The van der Waals surface area contributed by atoms with Gasteiger partial charge in [-0.1, -0.05) is 0 Å². The van der Waals surface area contributed by atoms with Crippen molar-refractivity contribution < 1.29 is 19.5 Å². The van der Waals surface area contributed by atoms with Gasteiger partial charge in [-0.25, -0.2) is 9.59 Å². The third-order valence-corrected chi connectivity index (χ3v) is 2.64. The van der Waals surface area contributed by atoms with E-state index in [2.05, 4.69) is 16.0 Å². The van der Waals surface area contributed by atoms with Crippen LogP contribution in [0.25, 0.3) is 0 Å². The first kappa shape index (κ1) is 16.6. The second-order valence-corrected chi connectivity index (χ2v) is 4.44. The summed E-state index contributed by atoms with van der Waals surface area (Å²) in [5.74, 6) is -0.769. The van der Waals surface area contributed by atoms with Crippen LogP contribution in [-0.2, 0) is 9.59 Å². The van der Waals surface area contributed by atoms with Crippen LogP contribution in [0.5, 0.6) is 0 Å². The molecule has 0 aromatic rings. The molecule has 1 atom stereocenters. The molecule has 0 saturated carbocycles. The van der Waals surface area contributed by atoms with E-state index >= 15 is 0 Å². The standard InChI is InChI=1S/C10H19N3O4S/c1-3-11-8(14)6-12-10(17)13-7(9(15)16)4-5-18-2/h7H,3-6H2,1-2H3,(H,11,14)(H,15,16)(H2,12,13,17)/t7-/m0/s1. The maximum Gasteiger partial charge on any atom is 0.326 e. The van der Waals surface area contributed by atoms with Crippen molar-refractivity contribution in [3.63, 3.8) is 0 Å². The Morgan fingerprint density at radius 1 is 1.28 bits per heavy atom. The minimum absolute atomic E-state index is 0.172. The summed E-state index contributed by atoms with van der Waals surface area (Å²) in [7, 11) is 0. The van der Waals surface area contributed by atoms with E-state index in [1.807, 2.05) is 6.26 Å². The molecule has 4 N–H and O–H groups in total. The number of aliphatic carboxylic acids is 1. The van der Waals surface area contributed by atoms with Gasteiger partial charge in [-0.2, -0.15) is 11.8 Å². The zero-order valence-corrected chi connectivity index (χ0v) is 11.3. The van der Waals surface area contributed by atoms with Gasteiger partial charge in [0, 0.05) is 6.54 Å². The first-order valence-corrected chi connectivity index (χ1v) is 6.93. The topological polar surface area (TPSA) is 108 Å². The summed E-state index contributed by atoms with van der Waals surface area (Å²) in [6.45, 7) is 2.07. The highest BCUT2D eigenvalue weighted by Crippen LogP contribution is 2.00. The van der Waals surface area contributed by atoms with E-state index in [0.29, 0.717) is 18.7 Å². The maximum atomic E-state index is 11.4. The van der Waals surface area contributed by atoms with E-state index in [0.717, 1.165) is 0 Å². The van der Waals surface area contributed by atoms with E-state index in [1.54, 1.807) is 6.92 Å². The summed E-state index contributed by atoms with van der Waals surface area (Å²) in [6.07, 6.45) is 2.19. The fraction of sp³-hybridized carbons (Fsp3) is 0.700. The highest BCUT2D eigenvalue weighted by molar-refractivity contribution is 7.98. The van der Waals surface area contributed by atoms with Crippen LogP contribution < -0.4 is 16.0 Å². The summed E-state index contributed by atoms with van der Waals surface area (Å²) in [5, 5.41) is 16.0. The van der Waals surface area contributed by atoms with E-state index in [1.165, 1.54) is 11.8 Å². The predicted molar refractivity (Wildman–Crippen MR) is 69.6 cm³/mol. The van der Waals surface area contributed by atoms with Gasteiger partial charge in [0.1, 0.15) is 6.04 Å². The van der Waals surface area contributed by atoms with Gasteiger partial charge in [0.05, 0.1) is 6.54 Å². The second-order valence-electron chi connectivity index (χ2n) is 3.45. The minimum atomic E-state index is -1.09. The summed E-state index contributed by atoms with van der Waals surface area (Å²) in [6, 6.07) is -1.60. The summed E-state index contributed by atoms with van der Waals surface area (Å²) < 4.78 is 0. The molecule has 0 fully saturated rings. The van der Waals surface area contributed by atoms with Crippen molar-refractivity contribution in [3.05, 3.63) is 0 Å². The van der Waals surface area contributed by atoms with E-state index in [9.17, 15) is 14.4 Å². The van der Waals surface area contributed by atoms with E-state index in [4.69, 9.17) is 5.11 Å². The van der Waals surface area contributed by atoms with Gasteiger partial charge in [0.25, 0.3) is 0 Å². The van der Waals surface area contributed by atoms with Gasteiger partial charge in [-0.15, -0.1) is 0 Å². The van der Waals surface area contributed by atoms with Crippen molar-refractivity contribution in [2.45, 2.75) is 19.4 Å². The Bertz CT molecular complexity index is 299. The zero-order chi connectivity index (χ0) is 14.0. The van der Waals surface area contributed by atoms with Crippen molar-refractivity contribution in [2.75, 3.05) is 25.1 Å². The number of carboxylic acid groups (broad SMARTS) is 1. The molecule has 0 aromatic heterocycles. The zero-order valence-electron chi connectivity index (χ0n) is 10.5. The highest BCUT2D eigenvalue weighted by Gasteiger charge is 2.19. The van der Waals surface area contributed by atoms with Crippen molar-refractivity contribution >= 4 is 29.7 Å². The lowest BCUT2D eigenvalue weighted by atomic mass is 10.2. The number of likely N-dealkylation sites (N-methyl/N-ethyl adjacent to an activating group) is 1. The molecule has 0 unspecified atom stereocenters. The average Bonchev–Trinajstić information content (AvgIpc) is 2.32.